The summed E-state index contributed by atoms with van der Waals surface area (Å²) in [5.41, 5.74) is 2.27. The number of carbonyl (C=O) groups is 1. The Balaban J connectivity index is 1.94. The predicted octanol–water partition coefficient (Wildman–Crippen LogP) is 1.72. The average molecular weight is 314 g/mol. The van der Waals surface area contributed by atoms with E-state index in [0.29, 0.717) is 22.1 Å². The van der Waals surface area contributed by atoms with Gasteiger partial charge in [-0.15, -0.1) is 10.2 Å². The second-order valence-electron chi connectivity index (χ2n) is 4.77. The number of H-pyrrole nitrogens is 1. The summed E-state index contributed by atoms with van der Waals surface area (Å²) >= 11 is 1.08. The third-order valence-electron chi connectivity index (χ3n) is 3.30. The van der Waals surface area contributed by atoms with Crippen LogP contribution >= 0.6 is 11.8 Å². The molecule has 9 heteroatoms. The number of nitrogens with zero attached hydrogens (tertiary/aromatic N) is 5. The summed E-state index contributed by atoms with van der Waals surface area (Å²) in [7, 11) is 0. The van der Waals surface area contributed by atoms with Gasteiger partial charge >= 0.3 is 5.97 Å². The lowest BCUT2D eigenvalue weighted by Crippen LogP contribution is -2.12. The fraction of sp³-hybridized carbons (Fsp3) is 0.154. The van der Waals surface area contributed by atoms with Crippen LogP contribution in [0.15, 0.2) is 29.4 Å². The summed E-state index contributed by atoms with van der Waals surface area (Å²) in [6, 6.07) is 7.75. The molecule has 3 heterocycles. The molecule has 0 saturated heterocycles. The number of rotatable bonds is 3. The Morgan fingerprint density at radius 3 is 3.00 bits per heavy atom. The number of benzene rings is 1. The van der Waals surface area contributed by atoms with Gasteiger partial charge in [0.25, 0.3) is 5.78 Å². The van der Waals surface area contributed by atoms with Gasteiger partial charge in [0.2, 0.25) is 5.16 Å². The van der Waals surface area contributed by atoms with Gasteiger partial charge in [0.05, 0.1) is 0 Å². The topological polar surface area (TPSA) is 109 Å². The second-order valence-corrected chi connectivity index (χ2v) is 6.08. The summed E-state index contributed by atoms with van der Waals surface area (Å²) < 4.78 is 1.48. The minimum atomic E-state index is -0.914. The molecular formula is C13H10N6O2S. The normalized spacial score (nSPS) is 13.1. The van der Waals surface area contributed by atoms with E-state index in [9.17, 15) is 4.79 Å². The molecule has 0 amide bonds. The van der Waals surface area contributed by atoms with Crippen LogP contribution < -0.4 is 0 Å². The number of thioether (sulfide) groups is 1. The minimum Gasteiger partial charge on any atom is -0.480 e. The van der Waals surface area contributed by atoms with Crippen molar-refractivity contribution in [3.05, 3.63) is 24.3 Å². The Morgan fingerprint density at radius 2 is 2.18 bits per heavy atom. The van der Waals surface area contributed by atoms with E-state index >= 15 is 0 Å². The van der Waals surface area contributed by atoms with Gasteiger partial charge in [0, 0.05) is 10.9 Å². The van der Waals surface area contributed by atoms with Gasteiger partial charge < -0.3 is 10.1 Å². The number of fused-ring (bicyclic) bond motifs is 4. The van der Waals surface area contributed by atoms with Crippen LogP contribution in [-0.2, 0) is 4.79 Å². The monoisotopic (exact) mass is 314 g/mol. The van der Waals surface area contributed by atoms with Crippen molar-refractivity contribution in [2.45, 2.75) is 17.3 Å². The van der Waals surface area contributed by atoms with Crippen LogP contribution in [0.1, 0.15) is 6.92 Å². The van der Waals surface area contributed by atoms with E-state index in [4.69, 9.17) is 5.11 Å². The lowest BCUT2D eigenvalue weighted by molar-refractivity contribution is -0.136. The number of hydrogen-bond donors (Lipinski definition) is 2. The van der Waals surface area contributed by atoms with Gasteiger partial charge in [-0.1, -0.05) is 30.0 Å². The molecule has 1 unspecified atom stereocenters. The number of hydrogen-bond acceptors (Lipinski definition) is 6. The van der Waals surface area contributed by atoms with Crippen LogP contribution in [0.3, 0.4) is 0 Å². The highest BCUT2D eigenvalue weighted by molar-refractivity contribution is 8.00. The second kappa shape index (κ2) is 4.67. The maximum absolute atomic E-state index is 11.0. The van der Waals surface area contributed by atoms with Gasteiger partial charge in [-0.2, -0.15) is 14.6 Å². The van der Waals surface area contributed by atoms with Crippen LogP contribution in [0.5, 0.6) is 0 Å². The van der Waals surface area contributed by atoms with Crippen molar-refractivity contribution in [1.29, 1.82) is 0 Å². The molecule has 1 aromatic carbocycles. The molecule has 0 aliphatic rings. The van der Waals surface area contributed by atoms with E-state index < -0.39 is 11.2 Å². The number of para-hydroxylation sites is 1. The zero-order valence-electron chi connectivity index (χ0n) is 11.4. The first-order chi connectivity index (χ1) is 10.6. The van der Waals surface area contributed by atoms with Crippen LogP contribution in [0, 0.1) is 0 Å². The fourth-order valence-electron chi connectivity index (χ4n) is 2.19. The smallest absolute Gasteiger partial charge is 0.316 e. The van der Waals surface area contributed by atoms with Crippen molar-refractivity contribution in [2.75, 3.05) is 0 Å². The van der Waals surface area contributed by atoms with Gasteiger partial charge in [-0.3, -0.25) is 4.79 Å². The van der Waals surface area contributed by atoms with Gasteiger partial charge in [-0.05, 0) is 13.0 Å². The summed E-state index contributed by atoms with van der Waals surface area (Å²) in [4.78, 5) is 18.6. The zero-order chi connectivity index (χ0) is 15.3. The lowest BCUT2D eigenvalue weighted by Gasteiger charge is -2.02. The van der Waals surface area contributed by atoms with Crippen LogP contribution in [0.2, 0.25) is 0 Å². The molecule has 0 spiro atoms. The Labute approximate surface area is 127 Å². The van der Waals surface area contributed by atoms with Crippen molar-refractivity contribution < 1.29 is 9.90 Å². The highest BCUT2D eigenvalue weighted by Crippen LogP contribution is 2.25. The first-order valence-electron chi connectivity index (χ1n) is 6.53. The summed E-state index contributed by atoms with van der Waals surface area (Å²) in [5, 5.41) is 22.2. The van der Waals surface area contributed by atoms with Crippen molar-refractivity contribution in [2.24, 2.45) is 0 Å². The van der Waals surface area contributed by atoms with E-state index in [2.05, 4.69) is 25.3 Å². The van der Waals surface area contributed by atoms with E-state index in [1.807, 2.05) is 24.3 Å². The summed E-state index contributed by atoms with van der Waals surface area (Å²) in [6.07, 6.45) is 0. The van der Waals surface area contributed by atoms with Crippen LogP contribution in [0.4, 0.5) is 0 Å². The molecule has 4 aromatic rings. The standard InChI is InChI=1S/C13H10N6O2S/c1-6(11(20)21)22-13-17-16-12-15-10-9(18-19(12)13)7-4-2-3-5-8(7)14-10/h2-6H,1H3,(H,20,21)(H,14,15,16). The minimum absolute atomic E-state index is 0.333. The molecule has 0 aliphatic heterocycles. The third-order valence-corrected chi connectivity index (χ3v) is 4.32. The molecular weight excluding hydrogens is 304 g/mol. The molecule has 2 N–H and O–H groups in total. The fourth-order valence-corrected chi connectivity index (χ4v) is 2.92. The summed E-state index contributed by atoms with van der Waals surface area (Å²) in [6.45, 7) is 1.59. The SMILES string of the molecule is CC(Sc1nnc2nc3[nH]c4ccccc4c3nn12)C(=O)O. The zero-order valence-corrected chi connectivity index (χ0v) is 12.2. The maximum atomic E-state index is 11.0. The van der Waals surface area contributed by atoms with E-state index in [0.717, 1.165) is 22.7 Å². The van der Waals surface area contributed by atoms with Crippen LogP contribution in [0.25, 0.3) is 27.8 Å². The van der Waals surface area contributed by atoms with Crippen molar-refractivity contribution >= 4 is 45.6 Å². The molecule has 110 valence electrons. The third kappa shape index (κ3) is 1.90. The Bertz CT molecular complexity index is 1020. The molecule has 0 fully saturated rings. The number of aromatic nitrogens is 6. The number of nitrogens with one attached hydrogen (secondary N) is 1. The van der Waals surface area contributed by atoms with E-state index in [1.54, 1.807) is 6.92 Å². The molecule has 1 atom stereocenters. The molecule has 4 rings (SSSR count). The number of aromatic amines is 1. The Kier molecular flexibility index (Phi) is 2.76. The van der Waals surface area contributed by atoms with Crippen LogP contribution in [-0.4, -0.2) is 46.1 Å². The van der Waals surface area contributed by atoms with Gasteiger partial charge in [0.1, 0.15) is 10.8 Å². The van der Waals surface area contributed by atoms with E-state index in [1.165, 1.54) is 4.52 Å². The lowest BCUT2D eigenvalue weighted by atomic mass is 10.2. The molecule has 0 aliphatic carbocycles. The average Bonchev–Trinajstić information content (AvgIpc) is 3.06. The highest BCUT2D eigenvalue weighted by Gasteiger charge is 2.19. The van der Waals surface area contributed by atoms with Crippen molar-refractivity contribution in [3.63, 3.8) is 0 Å². The molecule has 8 nitrogen and oxygen atoms in total. The first-order valence-corrected chi connectivity index (χ1v) is 7.41. The largest absolute Gasteiger partial charge is 0.480 e. The predicted molar refractivity (Wildman–Crippen MR) is 80.9 cm³/mol. The quantitative estimate of drug-likeness (QED) is 0.554. The molecule has 0 bridgehead atoms. The van der Waals surface area contributed by atoms with E-state index in [-0.39, 0.29) is 0 Å². The molecule has 22 heavy (non-hydrogen) atoms. The van der Waals surface area contributed by atoms with Crippen molar-refractivity contribution in [3.8, 4) is 0 Å². The van der Waals surface area contributed by atoms with Crippen molar-refractivity contribution in [1.82, 2.24) is 29.8 Å². The Hall–Kier alpha value is -2.68. The first kappa shape index (κ1) is 13.0. The number of carboxylic acids is 1. The Morgan fingerprint density at radius 1 is 1.36 bits per heavy atom. The molecule has 3 aromatic heterocycles. The summed E-state index contributed by atoms with van der Waals surface area (Å²) in [5.74, 6) is -0.581. The number of aliphatic carboxylic acids is 1. The molecule has 0 radical (unpaired) electrons. The van der Waals surface area contributed by atoms with Gasteiger partial charge in [0.15, 0.2) is 5.65 Å². The highest BCUT2D eigenvalue weighted by atomic mass is 32.2. The van der Waals surface area contributed by atoms with Gasteiger partial charge in [-0.25, -0.2) is 0 Å². The maximum Gasteiger partial charge on any atom is 0.316 e. The number of carboxylic acid groups (broad SMARTS) is 1. The molecule has 0 saturated carbocycles.